The van der Waals surface area contributed by atoms with Crippen LogP contribution in [0.5, 0.6) is 11.5 Å². The molecule has 0 saturated heterocycles. The van der Waals surface area contributed by atoms with Gasteiger partial charge in [-0.15, -0.1) is 20.4 Å². The van der Waals surface area contributed by atoms with Crippen molar-refractivity contribution in [2.24, 2.45) is 0 Å². The number of halogens is 2. The molecule has 0 amide bonds. The number of rotatable bonds is 12. The van der Waals surface area contributed by atoms with Gasteiger partial charge >= 0.3 is 5.97 Å². The lowest BCUT2D eigenvalue weighted by Crippen LogP contribution is -2.13. The van der Waals surface area contributed by atoms with Crippen LogP contribution in [-0.4, -0.2) is 77.1 Å². The molecular formula is C48H40F2N14O4. The Bertz CT molecular complexity index is 3670. The summed E-state index contributed by atoms with van der Waals surface area (Å²) in [5.41, 5.74) is 10.4. The number of pyridine rings is 2. The number of ether oxygens (including phenoxy) is 3. The molecule has 340 valence electrons. The fourth-order valence-electron chi connectivity index (χ4n) is 9.40. The number of esters is 1. The lowest BCUT2D eigenvalue weighted by Gasteiger charge is -2.16. The summed E-state index contributed by atoms with van der Waals surface area (Å²) in [6.45, 7) is 7.21. The van der Waals surface area contributed by atoms with Crippen molar-refractivity contribution in [2.75, 3.05) is 23.8 Å². The summed E-state index contributed by atoms with van der Waals surface area (Å²) >= 11 is 0. The topological polar surface area (TPSA) is 190 Å². The van der Waals surface area contributed by atoms with Gasteiger partial charge in [0.15, 0.2) is 11.3 Å². The normalized spacial score (nSPS) is 13.1. The molecule has 2 aliphatic heterocycles. The van der Waals surface area contributed by atoms with E-state index in [2.05, 4.69) is 72.2 Å². The quantitative estimate of drug-likeness (QED) is 0.116. The molecule has 18 nitrogen and oxygen atoms in total. The third-order valence-electron chi connectivity index (χ3n) is 12.7. The van der Waals surface area contributed by atoms with Gasteiger partial charge in [-0.3, -0.25) is 13.2 Å². The predicted octanol–water partition coefficient (Wildman–Crippen LogP) is 7.35. The minimum Gasteiger partial charge on any atom is -0.493 e. The minimum absolute atomic E-state index is 0.0932. The summed E-state index contributed by atoms with van der Waals surface area (Å²) in [5, 5.41) is 23.6. The van der Waals surface area contributed by atoms with Crippen LogP contribution < -0.4 is 20.1 Å². The smallest absolute Gasteiger partial charge is 0.355 e. The molecule has 0 radical (unpaired) electrons. The van der Waals surface area contributed by atoms with Crippen molar-refractivity contribution >= 4 is 40.5 Å². The number of nitrogens with zero attached hydrogens (tertiary/aromatic N) is 12. The summed E-state index contributed by atoms with van der Waals surface area (Å²) < 4.78 is 55.7. The van der Waals surface area contributed by atoms with E-state index >= 15 is 4.39 Å². The number of aryl methyl sites for hydroxylation is 1. The van der Waals surface area contributed by atoms with E-state index in [0.29, 0.717) is 99.8 Å². The lowest BCUT2D eigenvalue weighted by atomic mass is 10.0. The number of anilines is 2. The molecule has 0 spiro atoms. The molecule has 2 N–H and O–H groups in total. The Morgan fingerprint density at radius 1 is 0.735 bits per heavy atom. The van der Waals surface area contributed by atoms with Crippen LogP contribution in [-0.2, 0) is 37.3 Å². The third kappa shape index (κ3) is 6.61. The maximum atomic E-state index is 16.2. The Hall–Kier alpha value is -8.55. The first kappa shape index (κ1) is 40.9. The van der Waals surface area contributed by atoms with Gasteiger partial charge in [0.05, 0.1) is 13.2 Å². The molecule has 0 fully saturated rings. The van der Waals surface area contributed by atoms with E-state index in [9.17, 15) is 9.18 Å². The van der Waals surface area contributed by atoms with Crippen LogP contribution in [0.3, 0.4) is 0 Å². The maximum Gasteiger partial charge on any atom is 0.355 e. The summed E-state index contributed by atoms with van der Waals surface area (Å²) in [4.78, 5) is 32.5. The second-order valence-corrected chi connectivity index (χ2v) is 17.0. The van der Waals surface area contributed by atoms with Gasteiger partial charge in [0.25, 0.3) is 0 Å². The molecule has 2 aliphatic rings. The van der Waals surface area contributed by atoms with Crippen LogP contribution >= 0.6 is 0 Å². The molecule has 0 aliphatic carbocycles. The molecule has 10 aromatic rings. The summed E-state index contributed by atoms with van der Waals surface area (Å²) in [6.07, 6.45) is 12.7. The SMILES string of the molecule is Cc1ccc(-c2cnc(NCc3c(F)cc(COC(=O)c4ccc(-c5cnc(NCc6c(F)ccc7c6CCO7)n6cnnc56)c5nccn45)c4c3CCO4)n3cnnc23)c2ncc(C(C)C)n12. The molecule has 0 atom stereocenters. The molecule has 12 rings (SSSR count). The largest absolute Gasteiger partial charge is 0.493 e. The first-order chi connectivity index (χ1) is 33.2. The van der Waals surface area contributed by atoms with Gasteiger partial charge in [-0.25, -0.2) is 33.5 Å². The second-order valence-electron chi connectivity index (χ2n) is 17.0. The van der Waals surface area contributed by atoms with E-state index in [1.54, 1.807) is 62.5 Å². The standard InChI is InChI=1S/C48H40F2N14O4/c1-25(2)39-21-52-43-31(5-4-26(3)64(39)43)35-20-56-48(63-24-58-60-45(35)63)54-18-33-29-11-15-67-41(29)27(16-37(33)50)22-68-46(65)38-8-6-30(42-51-12-13-61(38)42)34-19-55-47(62-23-57-59-44(34)62)53-17-32-28-10-14-66-40(28)9-7-36(32)49/h4-9,12-13,16,19-21,23-25H,10-11,14-15,17-18,22H2,1-3H3,(H,53,55)(H,54,56). The van der Waals surface area contributed by atoms with Crippen molar-refractivity contribution in [1.29, 1.82) is 0 Å². The Morgan fingerprint density at radius 3 is 2.15 bits per heavy atom. The fourth-order valence-corrected chi connectivity index (χ4v) is 9.40. The van der Waals surface area contributed by atoms with Gasteiger partial charge in [0, 0.05) is 118 Å². The highest BCUT2D eigenvalue weighted by atomic mass is 19.1. The fraction of sp³-hybridized carbons (Fsp3) is 0.229. The Kier molecular flexibility index (Phi) is 9.69. The van der Waals surface area contributed by atoms with Crippen molar-refractivity contribution in [3.8, 4) is 33.8 Å². The summed E-state index contributed by atoms with van der Waals surface area (Å²) in [7, 11) is 0. The van der Waals surface area contributed by atoms with Gasteiger partial charge in [-0.05, 0) is 55.3 Å². The zero-order valence-electron chi connectivity index (χ0n) is 36.9. The van der Waals surface area contributed by atoms with E-state index in [-0.39, 0.29) is 37.1 Å². The molecule has 0 unspecified atom stereocenters. The van der Waals surface area contributed by atoms with Crippen molar-refractivity contribution in [1.82, 2.24) is 57.9 Å². The average molecular weight is 915 g/mol. The summed E-state index contributed by atoms with van der Waals surface area (Å²) in [6, 6.07) is 11.8. The first-order valence-electron chi connectivity index (χ1n) is 22.1. The number of aromatic nitrogens is 12. The van der Waals surface area contributed by atoms with Crippen LogP contribution in [0.2, 0.25) is 0 Å². The Labute approximate surface area is 384 Å². The van der Waals surface area contributed by atoms with Gasteiger partial charge in [-0.2, -0.15) is 0 Å². The van der Waals surface area contributed by atoms with E-state index in [1.807, 2.05) is 12.3 Å². The van der Waals surface area contributed by atoms with Gasteiger partial charge in [0.1, 0.15) is 59.4 Å². The number of hydrogen-bond donors (Lipinski definition) is 2. The molecule has 8 aromatic heterocycles. The van der Waals surface area contributed by atoms with Crippen LogP contribution in [0.1, 0.15) is 69.5 Å². The van der Waals surface area contributed by atoms with E-state index in [1.165, 1.54) is 18.5 Å². The van der Waals surface area contributed by atoms with E-state index in [0.717, 1.165) is 33.7 Å². The Morgan fingerprint density at radius 2 is 1.41 bits per heavy atom. The molecule has 20 heteroatoms. The van der Waals surface area contributed by atoms with E-state index < -0.39 is 11.8 Å². The zero-order chi connectivity index (χ0) is 46.2. The number of carbonyl (C=O) groups is 1. The number of benzene rings is 2. The zero-order valence-corrected chi connectivity index (χ0v) is 36.9. The highest BCUT2D eigenvalue weighted by molar-refractivity contribution is 5.93. The van der Waals surface area contributed by atoms with Gasteiger partial charge in [0.2, 0.25) is 11.9 Å². The molecule has 0 bridgehead atoms. The van der Waals surface area contributed by atoms with Gasteiger partial charge in [-0.1, -0.05) is 13.8 Å². The molecule has 68 heavy (non-hydrogen) atoms. The summed E-state index contributed by atoms with van der Waals surface area (Å²) in [5.74, 6) is 0.822. The molecular weight excluding hydrogens is 875 g/mol. The predicted molar refractivity (Wildman–Crippen MR) is 244 cm³/mol. The van der Waals surface area contributed by atoms with E-state index in [4.69, 9.17) is 24.2 Å². The minimum atomic E-state index is -0.653. The van der Waals surface area contributed by atoms with Crippen molar-refractivity contribution in [2.45, 2.75) is 59.2 Å². The highest BCUT2D eigenvalue weighted by Gasteiger charge is 2.27. The Balaban J connectivity index is 0.764. The number of hydrogen-bond acceptors (Lipinski definition) is 14. The van der Waals surface area contributed by atoms with Gasteiger partial charge < -0.3 is 29.2 Å². The van der Waals surface area contributed by atoms with Crippen LogP contribution in [0.25, 0.3) is 44.8 Å². The maximum absolute atomic E-state index is 16.2. The van der Waals surface area contributed by atoms with Crippen molar-refractivity contribution in [3.63, 3.8) is 0 Å². The van der Waals surface area contributed by atoms with Crippen molar-refractivity contribution in [3.05, 3.63) is 143 Å². The van der Waals surface area contributed by atoms with Crippen LogP contribution in [0, 0.1) is 18.6 Å². The first-order valence-corrected chi connectivity index (χ1v) is 22.1. The van der Waals surface area contributed by atoms with Crippen LogP contribution in [0.4, 0.5) is 20.7 Å². The number of fused-ring (bicyclic) bond motifs is 6. The lowest BCUT2D eigenvalue weighted by molar-refractivity contribution is 0.0461. The van der Waals surface area contributed by atoms with Crippen LogP contribution in [0.15, 0.2) is 86.1 Å². The number of nitrogens with one attached hydrogen (secondary N) is 2. The highest BCUT2D eigenvalue weighted by Crippen LogP contribution is 2.37. The molecule has 10 heterocycles. The number of carbonyl (C=O) groups excluding carboxylic acids is 1. The molecule has 0 saturated carbocycles. The molecule has 2 aromatic carbocycles. The average Bonchev–Trinajstić information content (AvgIpc) is 4.20. The van der Waals surface area contributed by atoms with Crippen molar-refractivity contribution < 1.29 is 27.8 Å². The third-order valence-corrected chi connectivity index (χ3v) is 12.7. The second kappa shape index (κ2) is 16.1. The monoisotopic (exact) mass is 914 g/mol. The number of imidazole rings is 2.